The molecule has 0 bridgehead atoms. The Balaban J connectivity index is 1.19. The lowest BCUT2D eigenvalue weighted by Crippen LogP contribution is -2.42. The Hall–Kier alpha value is -5.00. The number of hydrogen-bond donors (Lipinski definition) is 3. The summed E-state index contributed by atoms with van der Waals surface area (Å²) in [5.74, 6) is 0.837. The first-order chi connectivity index (χ1) is 20.5. The summed E-state index contributed by atoms with van der Waals surface area (Å²) in [6, 6.07) is 16.3. The summed E-state index contributed by atoms with van der Waals surface area (Å²) in [4.78, 5) is 39.2. The molecule has 1 fully saturated rings. The highest BCUT2D eigenvalue weighted by atomic mass is 19.4. The third-order valence-corrected chi connectivity index (χ3v) is 6.94. The van der Waals surface area contributed by atoms with Crippen LogP contribution in [-0.2, 0) is 11.0 Å². The SMILES string of the molecule is CC(=O)Nc1cccc(C(=O)N2CCC(Nc3ccc(-c4cc(C)cc(Nc5cc(C(F)(F)F)ccn5)n4)cn3)CC2)c1. The first-order valence-electron chi connectivity index (χ1n) is 13.7. The number of aromatic nitrogens is 3. The molecule has 4 aromatic rings. The predicted octanol–water partition coefficient (Wildman–Crippen LogP) is 6.28. The summed E-state index contributed by atoms with van der Waals surface area (Å²) in [6.07, 6.45) is -0.176. The minimum absolute atomic E-state index is 0.0443. The molecule has 3 N–H and O–H groups in total. The number of aryl methyl sites for hydroxylation is 1. The first kappa shape index (κ1) is 29.5. The van der Waals surface area contributed by atoms with Crippen molar-refractivity contribution >= 4 is 35.0 Å². The van der Waals surface area contributed by atoms with Gasteiger partial charge in [0.05, 0.1) is 11.3 Å². The second-order valence-electron chi connectivity index (χ2n) is 10.4. The van der Waals surface area contributed by atoms with E-state index in [1.165, 1.54) is 6.92 Å². The van der Waals surface area contributed by atoms with E-state index in [4.69, 9.17) is 0 Å². The molecular weight excluding hydrogens is 559 g/mol. The number of anilines is 4. The second kappa shape index (κ2) is 12.5. The van der Waals surface area contributed by atoms with Crippen LogP contribution < -0.4 is 16.0 Å². The molecule has 0 spiro atoms. The summed E-state index contributed by atoms with van der Waals surface area (Å²) in [5, 5.41) is 9.00. The van der Waals surface area contributed by atoms with Crippen molar-refractivity contribution in [2.24, 2.45) is 0 Å². The molecule has 0 atom stereocenters. The monoisotopic (exact) mass is 589 g/mol. The van der Waals surface area contributed by atoms with E-state index >= 15 is 0 Å². The van der Waals surface area contributed by atoms with Gasteiger partial charge < -0.3 is 20.9 Å². The zero-order chi connectivity index (χ0) is 30.6. The van der Waals surface area contributed by atoms with E-state index in [0.29, 0.717) is 41.7 Å². The number of nitrogens with zero attached hydrogens (tertiary/aromatic N) is 4. The zero-order valence-corrected chi connectivity index (χ0v) is 23.6. The van der Waals surface area contributed by atoms with Crippen LogP contribution in [0.3, 0.4) is 0 Å². The summed E-state index contributed by atoms with van der Waals surface area (Å²) >= 11 is 0. The van der Waals surface area contributed by atoms with Crippen LogP contribution >= 0.6 is 0 Å². The van der Waals surface area contributed by atoms with Gasteiger partial charge in [-0.25, -0.2) is 15.0 Å². The molecule has 3 aromatic heterocycles. The number of benzene rings is 1. The van der Waals surface area contributed by atoms with Gasteiger partial charge in [-0.15, -0.1) is 0 Å². The Labute approximate surface area is 246 Å². The number of amides is 2. The molecule has 4 heterocycles. The van der Waals surface area contributed by atoms with E-state index in [1.807, 2.05) is 30.0 Å². The third-order valence-electron chi connectivity index (χ3n) is 6.94. The van der Waals surface area contributed by atoms with Gasteiger partial charge in [-0.2, -0.15) is 13.2 Å². The largest absolute Gasteiger partial charge is 0.416 e. The van der Waals surface area contributed by atoms with Crippen LogP contribution in [0.15, 0.2) is 73.1 Å². The van der Waals surface area contributed by atoms with Crippen LogP contribution in [0.5, 0.6) is 0 Å². The quantitative estimate of drug-likeness (QED) is 0.232. The number of pyridine rings is 3. The van der Waals surface area contributed by atoms with E-state index in [-0.39, 0.29) is 23.7 Å². The van der Waals surface area contributed by atoms with E-state index in [2.05, 4.69) is 30.9 Å². The highest BCUT2D eigenvalue weighted by molar-refractivity contribution is 5.96. The Morgan fingerprint density at radius 2 is 1.72 bits per heavy atom. The maximum atomic E-state index is 13.1. The van der Waals surface area contributed by atoms with Crippen molar-refractivity contribution in [1.29, 1.82) is 0 Å². The maximum Gasteiger partial charge on any atom is 0.416 e. The number of carbonyl (C=O) groups is 2. The number of rotatable bonds is 7. The van der Waals surface area contributed by atoms with Gasteiger partial charge in [0, 0.05) is 55.3 Å². The Morgan fingerprint density at radius 1 is 0.930 bits per heavy atom. The lowest BCUT2D eigenvalue weighted by Gasteiger charge is -2.32. The van der Waals surface area contributed by atoms with Gasteiger partial charge in [0.2, 0.25) is 5.91 Å². The zero-order valence-electron chi connectivity index (χ0n) is 23.6. The molecule has 1 aliphatic heterocycles. The van der Waals surface area contributed by atoms with Crippen molar-refractivity contribution in [3.63, 3.8) is 0 Å². The Kier molecular flexibility index (Phi) is 8.56. The fourth-order valence-corrected chi connectivity index (χ4v) is 4.87. The van der Waals surface area contributed by atoms with Gasteiger partial charge in [-0.05, 0) is 79.9 Å². The van der Waals surface area contributed by atoms with Crippen molar-refractivity contribution in [1.82, 2.24) is 19.9 Å². The lowest BCUT2D eigenvalue weighted by molar-refractivity contribution is -0.137. The van der Waals surface area contributed by atoms with Gasteiger partial charge in [-0.1, -0.05) is 6.07 Å². The first-order valence-corrected chi connectivity index (χ1v) is 13.7. The van der Waals surface area contributed by atoms with E-state index in [9.17, 15) is 22.8 Å². The number of piperidine rings is 1. The van der Waals surface area contributed by atoms with Gasteiger partial charge in [0.1, 0.15) is 17.5 Å². The molecule has 1 saturated heterocycles. The molecule has 9 nitrogen and oxygen atoms in total. The standard InChI is InChI=1S/C31H30F3N7O2/c1-19-14-26(39-29(15-19)40-28-17-23(8-11-35-28)31(32,33)34)22-6-7-27(36-18-22)38-24-9-12-41(13-10-24)30(43)21-4-3-5-25(16-21)37-20(2)42/h3-8,11,14-18,24H,9-10,12-13H2,1-2H3,(H,36,38)(H,37,42)(H,35,39,40). The van der Waals surface area contributed by atoms with Gasteiger partial charge >= 0.3 is 6.18 Å². The number of likely N-dealkylation sites (tertiary alicyclic amines) is 1. The molecular formula is C31H30F3N7O2. The van der Waals surface area contributed by atoms with Crippen LogP contribution in [-0.4, -0.2) is 50.8 Å². The molecule has 0 radical (unpaired) electrons. The molecule has 43 heavy (non-hydrogen) atoms. The molecule has 222 valence electrons. The third kappa shape index (κ3) is 7.64. The van der Waals surface area contributed by atoms with Gasteiger partial charge in [-0.3, -0.25) is 9.59 Å². The van der Waals surface area contributed by atoms with Gasteiger partial charge in [0.25, 0.3) is 5.91 Å². The number of hydrogen-bond acceptors (Lipinski definition) is 7. The van der Waals surface area contributed by atoms with Crippen LogP contribution in [0.4, 0.5) is 36.3 Å². The normalized spacial score (nSPS) is 13.8. The molecule has 12 heteroatoms. The summed E-state index contributed by atoms with van der Waals surface area (Å²) in [6.45, 7) is 4.47. The summed E-state index contributed by atoms with van der Waals surface area (Å²) < 4.78 is 39.3. The van der Waals surface area contributed by atoms with Crippen molar-refractivity contribution in [2.75, 3.05) is 29.0 Å². The fourth-order valence-electron chi connectivity index (χ4n) is 4.87. The van der Waals surface area contributed by atoms with Crippen molar-refractivity contribution in [3.05, 3.63) is 89.7 Å². The second-order valence-corrected chi connectivity index (χ2v) is 10.4. The predicted molar refractivity (Wildman–Crippen MR) is 158 cm³/mol. The number of alkyl halides is 3. The topological polar surface area (TPSA) is 112 Å². The minimum Gasteiger partial charge on any atom is -0.367 e. The minimum atomic E-state index is -4.47. The molecule has 0 aliphatic carbocycles. The maximum absolute atomic E-state index is 13.1. The van der Waals surface area contributed by atoms with E-state index in [1.54, 1.807) is 36.5 Å². The average Bonchev–Trinajstić information content (AvgIpc) is 2.97. The Bertz CT molecular complexity index is 1620. The average molecular weight is 590 g/mol. The van der Waals surface area contributed by atoms with Crippen LogP contribution in [0.1, 0.15) is 41.3 Å². The Morgan fingerprint density at radius 3 is 2.42 bits per heavy atom. The highest BCUT2D eigenvalue weighted by Crippen LogP contribution is 2.31. The fraction of sp³-hybridized carbons (Fsp3) is 0.258. The van der Waals surface area contributed by atoms with Crippen molar-refractivity contribution in [3.8, 4) is 11.3 Å². The molecule has 5 rings (SSSR count). The summed E-state index contributed by atoms with van der Waals surface area (Å²) in [7, 11) is 0. The van der Waals surface area contributed by atoms with Crippen LogP contribution in [0.2, 0.25) is 0 Å². The number of halogens is 3. The molecule has 1 aromatic carbocycles. The van der Waals surface area contributed by atoms with Crippen LogP contribution in [0, 0.1) is 6.92 Å². The number of carbonyl (C=O) groups excluding carboxylic acids is 2. The molecule has 0 saturated carbocycles. The molecule has 2 amide bonds. The van der Waals surface area contributed by atoms with Gasteiger partial charge in [0.15, 0.2) is 0 Å². The summed E-state index contributed by atoms with van der Waals surface area (Å²) in [5.41, 5.74) is 2.55. The molecule has 1 aliphatic rings. The van der Waals surface area contributed by atoms with Crippen molar-refractivity contribution in [2.45, 2.75) is 38.9 Å². The van der Waals surface area contributed by atoms with Crippen molar-refractivity contribution < 1.29 is 22.8 Å². The highest BCUT2D eigenvalue weighted by Gasteiger charge is 2.30. The number of nitrogens with one attached hydrogen (secondary N) is 3. The smallest absolute Gasteiger partial charge is 0.367 e. The van der Waals surface area contributed by atoms with E-state index < -0.39 is 11.7 Å². The van der Waals surface area contributed by atoms with Crippen LogP contribution in [0.25, 0.3) is 11.3 Å². The lowest BCUT2D eigenvalue weighted by atomic mass is 10.0. The van der Waals surface area contributed by atoms with E-state index in [0.717, 1.165) is 42.3 Å². The molecule has 0 unspecified atom stereocenters.